The van der Waals surface area contributed by atoms with E-state index in [2.05, 4.69) is 10.2 Å². The molecule has 8 nitrogen and oxygen atoms in total. The van der Waals surface area contributed by atoms with Gasteiger partial charge in [0.2, 0.25) is 11.8 Å². The Morgan fingerprint density at radius 1 is 1.12 bits per heavy atom. The lowest BCUT2D eigenvalue weighted by Crippen LogP contribution is -2.52. The number of likely N-dealkylation sites (tertiary alicyclic amines) is 1. The summed E-state index contributed by atoms with van der Waals surface area (Å²) >= 11 is 0. The van der Waals surface area contributed by atoms with Gasteiger partial charge in [-0.25, -0.2) is 0 Å². The second kappa shape index (κ2) is 8.83. The van der Waals surface area contributed by atoms with Gasteiger partial charge in [-0.15, -0.1) is 0 Å². The zero-order valence-electron chi connectivity index (χ0n) is 18.5. The molecule has 0 bridgehead atoms. The largest absolute Gasteiger partial charge is 0.489 e. The van der Waals surface area contributed by atoms with Crippen LogP contribution in [0.4, 0.5) is 0 Å². The molecule has 1 aliphatic carbocycles. The molecule has 4 aliphatic rings. The van der Waals surface area contributed by atoms with Crippen molar-refractivity contribution >= 4 is 17.7 Å². The second-order valence-corrected chi connectivity index (χ2v) is 9.56. The summed E-state index contributed by atoms with van der Waals surface area (Å²) in [4.78, 5) is 40.6. The summed E-state index contributed by atoms with van der Waals surface area (Å²) in [6.07, 6.45) is 5.67. The van der Waals surface area contributed by atoms with Gasteiger partial charge in [-0.1, -0.05) is 0 Å². The number of nitrogens with one attached hydrogen (secondary N) is 1. The fraction of sp³-hybridized carbons (Fsp3) is 0.625. The third kappa shape index (κ3) is 4.26. The van der Waals surface area contributed by atoms with Gasteiger partial charge in [0.15, 0.2) is 0 Å². The summed E-state index contributed by atoms with van der Waals surface area (Å²) < 4.78 is 11.7. The van der Waals surface area contributed by atoms with Crippen LogP contribution in [0.2, 0.25) is 0 Å². The number of benzene rings is 1. The smallest absolute Gasteiger partial charge is 0.255 e. The molecule has 0 aromatic heterocycles. The number of rotatable bonds is 6. The van der Waals surface area contributed by atoms with Crippen LogP contribution in [0.25, 0.3) is 0 Å². The maximum atomic E-state index is 12.9. The van der Waals surface area contributed by atoms with Crippen LogP contribution in [0.15, 0.2) is 18.2 Å². The van der Waals surface area contributed by atoms with Crippen molar-refractivity contribution in [2.45, 2.75) is 63.3 Å². The summed E-state index contributed by atoms with van der Waals surface area (Å²) in [5.41, 5.74) is 1.50. The quantitative estimate of drug-likeness (QED) is 0.677. The van der Waals surface area contributed by atoms with Crippen molar-refractivity contribution in [2.75, 3.05) is 26.7 Å². The normalized spacial score (nSPS) is 30.7. The Kier molecular flexibility index (Phi) is 5.90. The molecule has 32 heavy (non-hydrogen) atoms. The van der Waals surface area contributed by atoms with E-state index in [0.29, 0.717) is 24.6 Å². The zero-order chi connectivity index (χ0) is 22.2. The van der Waals surface area contributed by atoms with Crippen LogP contribution in [0.3, 0.4) is 0 Å². The van der Waals surface area contributed by atoms with E-state index in [-0.39, 0.29) is 30.2 Å². The number of ether oxygens (including phenoxy) is 2. The highest BCUT2D eigenvalue weighted by molar-refractivity contribution is 6.05. The average molecular weight is 442 g/mol. The average Bonchev–Trinajstić information content (AvgIpc) is 3.06. The van der Waals surface area contributed by atoms with Gasteiger partial charge in [0.05, 0.1) is 6.10 Å². The van der Waals surface area contributed by atoms with Crippen LogP contribution >= 0.6 is 0 Å². The third-order valence-electron chi connectivity index (χ3n) is 7.30. The van der Waals surface area contributed by atoms with Crippen LogP contribution in [0.1, 0.15) is 54.4 Å². The van der Waals surface area contributed by atoms with Gasteiger partial charge in [-0.2, -0.15) is 0 Å². The first-order valence-electron chi connectivity index (χ1n) is 11.7. The molecule has 5 rings (SSSR count). The summed E-state index contributed by atoms with van der Waals surface area (Å²) in [7, 11) is 1.79. The fourth-order valence-electron chi connectivity index (χ4n) is 5.47. The number of fused-ring (bicyclic) bond motifs is 1. The number of imide groups is 1. The van der Waals surface area contributed by atoms with Crippen LogP contribution in [0, 0.1) is 5.92 Å². The first kappa shape index (κ1) is 21.4. The molecule has 1 aromatic carbocycles. The van der Waals surface area contributed by atoms with E-state index in [9.17, 15) is 14.4 Å². The molecule has 3 fully saturated rings. The molecule has 0 spiro atoms. The SMILES string of the molecule is COC1CC(CN2CCC[C@@H](Oc3ccc4c(c3)CN(C3CCC(=O)NC3=O)C4=O)C2)C1. The van der Waals surface area contributed by atoms with Crippen molar-refractivity contribution in [3.8, 4) is 5.75 Å². The summed E-state index contributed by atoms with van der Waals surface area (Å²) in [5, 5.41) is 2.34. The molecule has 2 saturated heterocycles. The van der Waals surface area contributed by atoms with Gasteiger partial charge in [0.1, 0.15) is 17.9 Å². The predicted octanol–water partition coefficient (Wildman–Crippen LogP) is 1.72. The molecule has 1 unspecified atom stereocenters. The Balaban J connectivity index is 1.19. The molecule has 3 amide bonds. The first-order chi connectivity index (χ1) is 15.5. The van der Waals surface area contributed by atoms with Crippen LogP contribution in [-0.4, -0.2) is 72.5 Å². The van der Waals surface area contributed by atoms with E-state index in [1.807, 2.05) is 12.1 Å². The Hall–Kier alpha value is -2.45. The lowest BCUT2D eigenvalue weighted by atomic mass is 9.81. The van der Waals surface area contributed by atoms with Gasteiger partial charge >= 0.3 is 0 Å². The predicted molar refractivity (Wildman–Crippen MR) is 116 cm³/mol. The van der Waals surface area contributed by atoms with Crippen molar-refractivity contribution in [1.82, 2.24) is 15.1 Å². The third-order valence-corrected chi connectivity index (χ3v) is 7.30. The number of hydrogen-bond acceptors (Lipinski definition) is 6. The molecule has 1 aromatic rings. The van der Waals surface area contributed by atoms with E-state index in [1.165, 1.54) is 0 Å². The fourth-order valence-corrected chi connectivity index (χ4v) is 5.47. The molecule has 172 valence electrons. The Morgan fingerprint density at radius 2 is 1.97 bits per heavy atom. The Labute approximate surface area is 188 Å². The van der Waals surface area contributed by atoms with Crippen LogP contribution < -0.4 is 10.1 Å². The minimum atomic E-state index is -0.590. The number of amides is 3. The van der Waals surface area contributed by atoms with Crippen molar-refractivity contribution < 1.29 is 23.9 Å². The van der Waals surface area contributed by atoms with Crippen LogP contribution in [-0.2, 0) is 20.9 Å². The molecule has 1 saturated carbocycles. The lowest BCUT2D eigenvalue weighted by Gasteiger charge is -2.40. The lowest BCUT2D eigenvalue weighted by molar-refractivity contribution is -0.136. The standard InChI is InChI=1S/C24H31N3O5/c1-31-19-9-15(10-19)12-26-8-2-3-18(14-26)32-17-4-5-20-16(11-17)13-27(24(20)30)21-6-7-22(28)25-23(21)29/h4-5,11,15,18-19,21H,2-3,6-10,12-14H2,1H3,(H,25,28,29)/t15?,18-,19?,21?/m1/s1. The Morgan fingerprint density at radius 3 is 2.75 bits per heavy atom. The highest BCUT2D eigenvalue weighted by Gasteiger charge is 2.39. The van der Waals surface area contributed by atoms with Gasteiger partial charge in [0.25, 0.3) is 5.91 Å². The van der Waals surface area contributed by atoms with E-state index >= 15 is 0 Å². The first-order valence-corrected chi connectivity index (χ1v) is 11.7. The highest BCUT2D eigenvalue weighted by atomic mass is 16.5. The molecular weight excluding hydrogens is 410 g/mol. The van der Waals surface area contributed by atoms with Crippen LogP contribution in [0.5, 0.6) is 5.75 Å². The number of piperidine rings is 2. The number of methoxy groups -OCH3 is 1. The molecule has 2 atom stereocenters. The summed E-state index contributed by atoms with van der Waals surface area (Å²) in [6.45, 7) is 3.52. The number of nitrogens with zero attached hydrogens (tertiary/aromatic N) is 2. The Bertz CT molecular complexity index is 913. The van der Waals surface area contributed by atoms with Crippen molar-refractivity contribution in [2.24, 2.45) is 5.92 Å². The topological polar surface area (TPSA) is 88.2 Å². The molecule has 0 radical (unpaired) electrons. The summed E-state index contributed by atoms with van der Waals surface area (Å²) in [5.74, 6) is 0.687. The monoisotopic (exact) mass is 441 g/mol. The summed E-state index contributed by atoms with van der Waals surface area (Å²) in [6, 6.07) is 5.01. The minimum Gasteiger partial charge on any atom is -0.489 e. The zero-order valence-corrected chi connectivity index (χ0v) is 18.5. The number of hydrogen-bond donors (Lipinski definition) is 1. The number of carbonyl (C=O) groups excluding carboxylic acids is 3. The van der Waals surface area contributed by atoms with Gasteiger partial charge < -0.3 is 14.4 Å². The molecular formula is C24H31N3O5. The van der Waals surface area contributed by atoms with Crippen molar-refractivity contribution in [3.63, 3.8) is 0 Å². The van der Waals surface area contributed by atoms with Crippen molar-refractivity contribution in [3.05, 3.63) is 29.3 Å². The molecule has 8 heteroatoms. The highest BCUT2D eigenvalue weighted by Crippen LogP contribution is 2.33. The molecule has 3 heterocycles. The van der Waals surface area contributed by atoms with Gasteiger partial charge in [-0.3, -0.25) is 24.6 Å². The van der Waals surface area contributed by atoms with E-state index in [1.54, 1.807) is 18.1 Å². The molecule has 3 aliphatic heterocycles. The maximum absolute atomic E-state index is 12.9. The molecule has 1 N–H and O–H groups in total. The van der Waals surface area contributed by atoms with E-state index < -0.39 is 6.04 Å². The number of carbonyl (C=O) groups is 3. The maximum Gasteiger partial charge on any atom is 0.255 e. The minimum absolute atomic E-state index is 0.142. The van der Waals surface area contributed by atoms with Crippen molar-refractivity contribution in [1.29, 1.82) is 0 Å². The van der Waals surface area contributed by atoms with Gasteiger partial charge in [-0.05, 0) is 68.3 Å². The second-order valence-electron chi connectivity index (χ2n) is 9.56. The van der Waals surface area contributed by atoms with E-state index in [4.69, 9.17) is 9.47 Å². The van der Waals surface area contributed by atoms with E-state index in [0.717, 1.165) is 62.5 Å². The van der Waals surface area contributed by atoms with Gasteiger partial charge in [0, 0.05) is 38.7 Å².